The maximum atomic E-state index is 13.1. The second-order valence-corrected chi connectivity index (χ2v) is 15.5. The molecule has 0 aliphatic carbocycles. The molecule has 5 amide bonds. The molecule has 0 radical (unpaired) electrons. The molecule has 59 heavy (non-hydrogen) atoms. The molecule has 4 aliphatic heterocycles. The molecule has 5 aromatic rings. The third-order valence-corrected chi connectivity index (χ3v) is 11.9. The first kappa shape index (κ1) is 38.1. The van der Waals surface area contributed by atoms with Crippen LogP contribution in [0.4, 0.5) is 5.69 Å². The molecule has 2 aromatic carbocycles. The van der Waals surface area contributed by atoms with Crippen LogP contribution in [0.25, 0.3) is 33.3 Å². The minimum absolute atomic E-state index is 0.0560. The lowest BCUT2D eigenvalue weighted by Gasteiger charge is -2.30. The average Bonchev–Trinajstić information content (AvgIpc) is 3.81. The molecule has 0 saturated carbocycles. The Morgan fingerprint density at radius 3 is 2.54 bits per heavy atom. The molecule has 4 aliphatic rings. The predicted molar refractivity (Wildman–Crippen MR) is 218 cm³/mol. The van der Waals surface area contributed by atoms with E-state index >= 15 is 0 Å². The summed E-state index contributed by atoms with van der Waals surface area (Å²) in [6, 6.07) is 16.5. The number of ether oxygens (including phenoxy) is 1. The van der Waals surface area contributed by atoms with Crippen LogP contribution in [0, 0.1) is 0 Å². The average molecular weight is 796 g/mol. The summed E-state index contributed by atoms with van der Waals surface area (Å²) in [7, 11) is 0. The lowest BCUT2D eigenvalue weighted by atomic mass is 9.99. The minimum Gasteiger partial charge on any atom is -0.385 e. The maximum absolute atomic E-state index is 13.1. The number of rotatable bonds is 10. The van der Waals surface area contributed by atoms with Gasteiger partial charge in [0.05, 0.1) is 23.6 Å². The van der Waals surface area contributed by atoms with Crippen molar-refractivity contribution in [1.82, 2.24) is 40.0 Å². The number of hydrogen-bond donors (Lipinski definition) is 3. The highest BCUT2D eigenvalue weighted by atomic mass is 16.5. The number of carbonyl (C=O) groups is 5. The molecule has 0 bridgehead atoms. The van der Waals surface area contributed by atoms with Crippen LogP contribution in [0.5, 0.6) is 0 Å². The Labute approximate surface area is 340 Å². The summed E-state index contributed by atoms with van der Waals surface area (Å²) in [4.78, 5) is 80.6. The second-order valence-electron chi connectivity index (χ2n) is 15.5. The number of imide groups is 1. The number of pyridine rings is 2. The molecular weight excluding hydrogens is 751 g/mol. The fourth-order valence-electron chi connectivity index (χ4n) is 8.72. The Hall–Kier alpha value is -6.48. The van der Waals surface area contributed by atoms with Crippen LogP contribution in [-0.2, 0) is 38.8 Å². The lowest BCUT2D eigenvalue weighted by molar-refractivity contribution is -0.137. The van der Waals surface area contributed by atoms with Crippen LogP contribution < -0.4 is 16.0 Å². The maximum Gasteiger partial charge on any atom is 0.269 e. The highest BCUT2D eigenvalue weighted by Gasteiger charge is 2.40. The van der Waals surface area contributed by atoms with Crippen molar-refractivity contribution in [3.8, 4) is 22.5 Å². The van der Waals surface area contributed by atoms with Crippen molar-refractivity contribution < 1.29 is 28.7 Å². The second kappa shape index (κ2) is 16.0. The quantitative estimate of drug-likeness (QED) is 0.135. The minimum atomic E-state index is -0.673. The molecule has 3 N–H and O–H groups in total. The lowest BCUT2D eigenvalue weighted by Crippen LogP contribution is -2.52. The number of hydrogen-bond acceptors (Lipinski definition) is 10. The van der Waals surface area contributed by atoms with Gasteiger partial charge in [0.25, 0.3) is 11.8 Å². The highest BCUT2D eigenvalue weighted by Crippen LogP contribution is 2.38. The van der Waals surface area contributed by atoms with Crippen LogP contribution in [-0.4, -0.2) is 97.7 Å². The number of nitrogens with zero attached hydrogens (tertiary/aromatic N) is 6. The summed E-state index contributed by atoms with van der Waals surface area (Å²) >= 11 is 0. The fraction of sp³-hybridized carbons (Fsp3) is 0.364. The number of carbonyl (C=O) groups excluding carboxylic acids is 5. The van der Waals surface area contributed by atoms with E-state index in [4.69, 9.17) is 14.7 Å². The van der Waals surface area contributed by atoms with Gasteiger partial charge in [0.2, 0.25) is 17.7 Å². The molecule has 7 heterocycles. The molecule has 3 aromatic heterocycles. The largest absolute Gasteiger partial charge is 0.385 e. The third kappa shape index (κ3) is 7.42. The Bertz CT molecular complexity index is 2490. The molecule has 302 valence electrons. The zero-order chi connectivity index (χ0) is 40.6. The molecule has 15 heteroatoms. The zero-order valence-corrected chi connectivity index (χ0v) is 32.8. The molecule has 1 unspecified atom stereocenters. The normalized spacial score (nSPS) is 18.1. The van der Waals surface area contributed by atoms with Gasteiger partial charge in [0.15, 0.2) is 0 Å². The number of amides is 5. The van der Waals surface area contributed by atoms with Gasteiger partial charge in [0, 0.05) is 111 Å². The van der Waals surface area contributed by atoms with Crippen LogP contribution in [0.1, 0.15) is 82.9 Å². The third-order valence-electron chi connectivity index (χ3n) is 11.9. The molecule has 1 atom stereocenters. The molecule has 2 saturated heterocycles. The number of benzene rings is 2. The standard InChI is InChI=1S/C44H45N9O6/c1-26(54)51-17-18-52-38(25-51)40(50-41(52)27-13-19-59-20-14-27)30-6-2-5-28-21-36(48-23-32(28)30)29-9-10-35(47-22-29)42(56)46-16-4-15-45-34-8-3-7-31-33(34)24-53(44(31)58)37-11-12-39(55)49-43(37)57/h2-3,5-10,21-23,27,37,45H,4,11-20,24-25H2,1H3,(H,46,56)(H,49,55,57). The van der Waals surface area contributed by atoms with Gasteiger partial charge in [-0.05, 0) is 61.4 Å². The van der Waals surface area contributed by atoms with Crippen molar-refractivity contribution in [2.24, 2.45) is 0 Å². The Morgan fingerprint density at radius 1 is 0.915 bits per heavy atom. The van der Waals surface area contributed by atoms with E-state index in [9.17, 15) is 24.0 Å². The van der Waals surface area contributed by atoms with Crippen molar-refractivity contribution in [1.29, 1.82) is 0 Å². The molecule has 9 rings (SSSR count). The predicted octanol–water partition coefficient (Wildman–Crippen LogP) is 4.41. The van der Waals surface area contributed by atoms with E-state index in [2.05, 4.69) is 37.6 Å². The van der Waals surface area contributed by atoms with E-state index < -0.39 is 11.9 Å². The summed E-state index contributed by atoms with van der Waals surface area (Å²) in [5, 5.41) is 10.6. The Kier molecular flexibility index (Phi) is 10.4. The Balaban J connectivity index is 0.832. The van der Waals surface area contributed by atoms with E-state index in [1.807, 2.05) is 35.4 Å². The van der Waals surface area contributed by atoms with E-state index in [1.54, 1.807) is 31.3 Å². The monoisotopic (exact) mass is 795 g/mol. The van der Waals surface area contributed by atoms with E-state index in [0.717, 1.165) is 88.7 Å². The summed E-state index contributed by atoms with van der Waals surface area (Å²) in [5.41, 5.74) is 6.88. The first-order chi connectivity index (χ1) is 28.7. The molecule has 0 spiro atoms. The SMILES string of the molecule is CC(=O)N1CCn2c(C3CCOCC3)nc(-c3cccc4cc(-c5ccc(C(=O)NCCCNc6cccc7c6CN(C6CCC(=O)NC6=O)C7=O)nc5)ncc34)c2C1. The molecule has 15 nitrogen and oxygen atoms in total. The van der Waals surface area contributed by atoms with Crippen LogP contribution >= 0.6 is 0 Å². The van der Waals surface area contributed by atoms with Gasteiger partial charge < -0.3 is 29.7 Å². The number of anilines is 1. The van der Waals surface area contributed by atoms with Crippen molar-refractivity contribution in [2.75, 3.05) is 38.2 Å². The summed E-state index contributed by atoms with van der Waals surface area (Å²) in [6.07, 6.45) is 6.52. The van der Waals surface area contributed by atoms with Crippen LogP contribution in [0.3, 0.4) is 0 Å². The highest BCUT2D eigenvalue weighted by molar-refractivity contribution is 6.06. The van der Waals surface area contributed by atoms with Crippen LogP contribution in [0.2, 0.25) is 0 Å². The first-order valence-electron chi connectivity index (χ1n) is 20.3. The van der Waals surface area contributed by atoms with E-state index in [1.165, 1.54) is 4.90 Å². The fourth-order valence-corrected chi connectivity index (χ4v) is 8.72. The summed E-state index contributed by atoms with van der Waals surface area (Å²) < 4.78 is 7.98. The van der Waals surface area contributed by atoms with Gasteiger partial charge in [-0.15, -0.1) is 0 Å². The van der Waals surface area contributed by atoms with Crippen LogP contribution in [0.15, 0.2) is 67.0 Å². The van der Waals surface area contributed by atoms with E-state index in [-0.39, 0.29) is 36.6 Å². The van der Waals surface area contributed by atoms with Crippen molar-refractivity contribution in [2.45, 2.75) is 70.6 Å². The molecular formula is C44H45N9O6. The number of imidazole rings is 1. The first-order valence-corrected chi connectivity index (χ1v) is 20.3. The summed E-state index contributed by atoms with van der Waals surface area (Å²) in [6.45, 7) is 6.20. The van der Waals surface area contributed by atoms with Gasteiger partial charge in [-0.25, -0.2) is 4.98 Å². The number of piperidine rings is 1. The smallest absolute Gasteiger partial charge is 0.269 e. The van der Waals surface area contributed by atoms with Crippen molar-refractivity contribution in [3.63, 3.8) is 0 Å². The van der Waals surface area contributed by atoms with E-state index in [0.29, 0.717) is 56.2 Å². The van der Waals surface area contributed by atoms with Gasteiger partial charge >= 0.3 is 0 Å². The number of aromatic nitrogens is 4. The Morgan fingerprint density at radius 2 is 1.75 bits per heavy atom. The van der Waals surface area contributed by atoms with Gasteiger partial charge in [-0.1, -0.05) is 24.3 Å². The van der Waals surface area contributed by atoms with Crippen molar-refractivity contribution >= 4 is 46.0 Å². The topological polar surface area (TPSA) is 181 Å². The number of fused-ring (bicyclic) bond motifs is 3. The number of nitrogens with one attached hydrogen (secondary N) is 3. The van der Waals surface area contributed by atoms with Gasteiger partial charge in [-0.3, -0.25) is 39.3 Å². The van der Waals surface area contributed by atoms with Crippen molar-refractivity contribution in [3.05, 3.63) is 95.3 Å². The molecule has 2 fully saturated rings. The van der Waals surface area contributed by atoms with Gasteiger partial charge in [-0.2, -0.15) is 0 Å². The zero-order valence-electron chi connectivity index (χ0n) is 32.8. The summed E-state index contributed by atoms with van der Waals surface area (Å²) in [5.74, 6) is 0.178. The van der Waals surface area contributed by atoms with Gasteiger partial charge in [0.1, 0.15) is 17.6 Å².